The third kappa shape index (κ3) is 4.85. The zero-order chi connectivity index (χ0) is 15.2. The first-order valence-electron chi connectivity index (χ1n) is 7.13. The summed E-state index contributed by atoms with van der Waals surface area (Å²) >= 11 is 7.39. The van der Waals surface area contributed by atoms with Crippen molar-refractivity contribution >= 4 is 29.0 Å². The van der Waals surface area contributed by atoms with Crippen molar-refractivity contribution in [2.45, 2.75) is 31.9 Å². The van der Waals surface area contributed by atoms with Crippen molar-refractivity contribution in [3.63, 3.8) is 0 Å². The minimum absolute atomic E-state index is 0.0128. The Bertz CT molecular complexity index is 469. The normalized spacial score (nSPS) is 20.3. The largest absolute Gasteiger partial charge is 0.394 e. The second-order valence-electron chi connectivity index (χ2n) is 5.12. The van der Waals surface area contributed by atoms with Gasteiger partial charge in [0.05, 0.1) is 29.7 Å². The Hall–Kier alpha value is -0.820. The van der Waals surface area contributed by atoms with Crippen molar-refractivity contribution in [1.29, 1.82) is 0 Å². The first-order valence-corrected chi connectivity index (χ1v) is 8.32. The van der Waals surface area contributed by atoms with Crippen LogP contribution in [0.15, 0.2) is 12.1 Å². The van der Waals surface area contributed by atoms with E-state index in [9.17, 15) is 4.79 Å². The molecule has 0 bridgehead atoms. The summed E-state index contributed by atoms with van der Waals surface area (Å²) in [6, 6.07) is 3.63. The number of likely N-dealkylation sites (tertiary alicyclic amines) is 1. The van der Waals surface area contributed by atoms with Crippen molar-refractivity contribution in [2.75, 3.05) is 26.3 Å². The lowest BCUT2D eigenvalue weighted by Crippen LogP contribution is -2.48. The number of hydrogen-bond acceptors (Lipinski definition) is 4. The molecule has 0 unspecified atom stereocenters. The van der Waals surface area contributed by atoms with Gasteiger partial charge in [-0.15, -0.1) is 11.3 Å². The van der Waals surface area contributed by atoms with E-state index in [1.165, 1.54) is 11.3 Å². The number of amides is 2. The molecule has 118 valence electrons. The van der Waals surface area contributed by atoms with Crippen LogP contribution >= 0.6 is 22.9 Å². The Morgan fingerprint density at radius 2 is 2.48 bits per heavy atom. The van der Waals surface area contributed by atoms with E-state index in [2.05, 4.69) is 5.32 Å². The van der Waals surface area contributed by atoms with Crippen LogP contribution in [0, 0.1) is 0 Å². The molecule has 1 aromatic heterocycles. The predicted octanol–water partition coefficient (Wildman–Crippen LogP) is 2.65. The third-order valence-electron chi connectivity index (χ3n) is 3.47. The van der Waals surface area contributed by atoms with Gasteiger partial charge in [0.1, 0.15) is 0 Å². The number of urea groups is 1. The van der Waals surface area contributed by atoms with E-state index in [0.29, 0.717) is 13.2 Å². The second-order valence-corrected chi connectivity index (χ2v) is 6.86. The number of nitrogens with zero attached hydrogens (tertiary/aromatic N) is 1. The molecule has 1 fully saturated rings. The van der Waals surface area contributed by atoms with Crippen LogP contribution in [-0.2, 0) is 4.74 Å². The zero-order valence-electron chi connectivity index (χ0n) is 12.0. The minimum atomic E-state index is -0.0793. The van der Waals surface area contributed by atoms with Crippen LogP contribution in [0.4, 0.5) is 4.79 Å². The summed E-state index contributed by atoms with van der Waals surface area (Å²) in [7, 11) is 0. The molecule has 0 radical (unpaired) electrons. The number of carbonyl (C=O) groups excluding carboxylic acids is 1. The molecule has 2 N–H and O–H groups in total. The van der Waals surface area contributed by atoms with Crippen LogP contribution < -0.4 is 5.32 Å². The van der Waals surface area contributed by atoms with Crippen LogP contribution in [0.3, 0.4) is 0 Å². The molecule has 1 aromatic rings. The van der Waals surface area contributed by atoms with Gasteiger partial charge < -0.3 is 20.1 Å². The predicted molar refractivity (Wildman–Crippen MR) is 83.9 cm³/mol. The van der Waals surface area contributed by atoms with Crippen LogP contribution in [-0.4, -0.2) is 48.4 Å². The molecule has 0 aromatic carbocycles. The fraction of sp³-hybridized carbons (Fsp3) is 0.643. The standard InChI is InChI=1S/C14H21ClN2O3S/c1-10(12-4-5-13(15)21-12)16-14(19)17-6-2-3-11(9-17)20-8-7-18/h4-5,10-11,18H,2-3,6-9H2,1H3,(H,16,19)/t10-,11-/m1/s1. The maximum absolute atomic E-state index is 12.3. The molecule has 0 saturated carbocycles. The molecule has 21 heavy (non-hydrogen) atoms. The van der Waals surface area contributed by atoms with Gasteiger partial charge in [-0.3, -0.25) is 0 Å². The number of nitrogens with one attached hydrogen (secondary N) is 1. The van der Waals surface area contributed by atoms with E-state index in [-0.39, 0.29) is 24.8 Å². The van der Waals surface area contributed by atoms with Gasteiger partial charge in [-0.05, 0) is 31.9 Å². The number of aliphatic hydroxyl groups is 1. The molecule has 2 rings (SSSR count). The summed E-state index contributed by atoms with van der Waals surface area (Å²) in [5, 5.41) is 11.8. The van der Waals surface area contributed by atoms with Gasteiger partial charge in [0.15, 0.2) is 0 Å². The number of ether oxygens (including phenoxy) is 1. The van der Waals surface area contributed by atoms with E-state index >= 15 is 0 Å². The summed E-state index contributed by atoms with van der Waals surface area (Å²) in [6.07, 6.45) is 1.87. The molecule has 2 heterocycles. The van der Waals surface area contributed by atoms with E-state index in [4.69, 9.17) is 21.4 Å². The number of carbonyl (C=O) groups is 1. The lowest BCUT2D eigenvalue weighted by Gasteiger charge is -2.33. The van der Waals surface area contributed by atoms with E-state index in [0.717, 1.165) is 28.6 Å². The minimum Gasteiger partial charge on any atom is -0.394 e. The van der Waals surface area contributed by atoms with Gasteiger partial charge in [0.25, 0.3) is 0 Å². The maximum atomic E-state index is 12.3. The molecule has 1 aliphatic heterocycles. The van der Waals surface area contributed by atoms with Gasteiger partial charge in [-0.2, -0.15) is 0 Å². The number of rotatable bonds is 5. The van der Waals surface area contributed by atoms with Crippen molar-refractivity contribution < 1.29 is 14.6 Å². The molecule has 1 saturated heterocycles. The van der Waals surface area contributed by atoms with Crippen molar-refractivity contribution in [2.24, 2.45) is 0 Å². The maximum Gasteiger partial charge on any atom is 0.317 e. The molecule has 7 heteroatoms. The summed E-state index contributed by atoms with van der Waals surface area (Å²) in [6.45, 7) is 3.60. The number of halogens is 1. The lowest BCUT2D eigenvalue weighted by atomic mass is 10.1. The highest BCUT2D eigenvalue weighted by atomic mass is 35.5. The van der Waals surface area contributed by atoms with Crippen molar-refractivity contribution in [3.05, 3.63) is 21.3 Å². The van der Waals surface area contributed by atoms with Crippen LogP contribution in [0.2, 0.25) is 4.34 Å². The highest BCUT2D eigenvalue weighted by Gasteiger charge is 2.25. The van der Waals surface area contributed by atoms with E-state index in [1.807, 2.05) is 19.1 Å². The lowest BCUT2D eigenvalue weighted by molar-refractivity contribution is -0.00595. The quantitative estimate of drug-likeness (QED) is 0.871. The third-order valence-corrected chi connectivity index (χ3v) is 4.88. The highest BCUT2D eigenvalue weighted by molar-refractivity contribution is 7.16. The Morgan fingerprint density at radius 1 is 1.67 bits per heavy atom. The zero-order valence-corrected chi connectivity index (χ0v) is 13.6. The van der Waals surface area contributed by atoms with Gasteiger partial charge >= 0.3 is 6.03 Å². The molecular formula is C14H21ClN2O3S. The average molecular weight is 333 g/mol. The van der Waals surface area contributed by atoms with E-state index < -0.39 is 0 Å². The number of hydrogen-bond donors (Lipinski definition) is 2. The molecule has 2 amide bonds. The molecule has 0 spiro atoms. The fourth-order valence-corrected chi connectivity index (χ4v) is 3.45. The molecule has 0 aliphatic carbocycles. The first-order chi connectivity index (χ1) is 10.1. The fourth-order valence-electron chi connectivity index (χ4n) is 2.39. The second kappa shape index (κ2) is 7.98. The number of aliphatic hydroxyl groups excluding tert-OH is 1. The van der Waals surface area contributed by atoms with Gasteiger partial charge in [-0.1, -0.05) is 11.6 Å². The highest BCUT2D eigenvalue weighted by Crippen LogP contribution is 2.26. The molecular weight excluding hydrogens is 312 g/mol. The van der Waals surface area contributed by atoms with Crippen molar-refractivity contribution in [1.82, 2.24) is 10.2 Å². The Balaban J connectivity index is 1.84. The smallest absolute Gasteiger partial charge is 0.317 e. The summed E-state index contributed by atoms with van der Waals surface area (Å²) in [5.74, 6) is 0. The van der Waals surface area contributed by atoms with Gasteiger partial charge in [0.2, 0.25) is 0 Å². The SMILES string of the molecule is C[C@@H](NC(=O)N1CCC[C@@H](OCCO)C1)c1ccc(Cl)s1. The van der Waals surface area contributed by atoms with Crippen molar-refractivity contribution in [3.8, 4) is 0 Å². The molecule has 5 nitrogen and oxygen atoms in total. The van der Waals surface area contributed by atoms with E-state index in [1.54, 1.807) is 4.90 Å². The first kappa shape index (κ1) is 16.5. The summed E-state index contributed by atoms with van der Waals surface area (Å²) in [4.78, 5) is 15.1. The monoisotopic (exact) mass is 332 g/mol. The summed E-state index contributed by atoms with van der Waals surface area (Å²) < 4.78 is 6.24. The number of thiophene rings is 1. The Kier molecular flexibility index (Phi) is 6.29. The van der Waals surface area contributed by atoms with Crippen LogP contribution in [0.1, 0.15) is 30.7 Å². The topological polar surface area (TPSA) is 61.8 Å². The molecule has 1 aliphatic rings. The Labute approximate surface area is 133 Å². The molecule has 2 atom stereocenters. The van der Waals surface area contributed by atoms with Gasteiger partial charge in [-0.25, -0.2) is 4.79 Å². The summed E-state index contributed by atoms with van der Waals surface area (Å²) in [5.41, 5.74) is 0. The average Bonchev–Trinajstić information content (AvgIpc) is 2.92. The van der Waals surface area contributed by atoms with Crippen LogP contribution in [0.5, 0.6) is 0 Å². The van der Waals surface area contributed by atoms with Gasteiger partial charge in [0, 0.05) is 18.0 Å². The number of piperidine rings is 1. The van der Waals surface area contributed by atoms with Crippen LogP contribution in [0.25, 0.3) is 0 Å². The Morgan fingerprint density at radius 3 is 3.14 bits per heavy atom.